The van der Waals surface area contributed by atoms with E-state index in [1.54, 1.807) is 19.1 Å². The van der Waals surface area contributed by atoms with E-state index in [4.69, 9.17) is 10.9 Å². The molecule has 0 amide bonds. The predicted molar refractivity (Wildman–Crippen MR) is 84.3 cm³/mol. The molecule has 0 bridgehead atoms. The van der Waals surface area contributed by atoms with Crippen molar-refractivity contribution in [2.45, 2.75) is 18.2 Å². The second kappa shape index (κ2) is 7.39. The summed E-state index contributed by atoms with van der Waals surface area (Å²) in [4.78, 5) is 0.174. The summed E-state index contributed by atoms with van der Waals surface area (Å²) in [6.07, 6.45) is 0.162. The molecule has 0 atom stereocenters. The molecule has 0 heterocycles. The van der Waals surface area contributed by atoms with Crippen LogP contribution in [0.1, 0.15) is 13.3 Å². The second-order valence-electron chi connectivity index (χ2n) is 3.91. The fraction of sp³-hybridized carbons (Fsp3) is 0.364. The first-order valence-electron chi connectivity index (χ1n) is 5.74. The van der Waals surface area contributed by atoms with Crippen LogP contribution >= 0.6 is 31.9 Å². The van der Waals surface area contributed by atoms with Gasteiger partial charge in [0.25, 0.3) is 0 Å². The molecule has 3 N–H and O–H groups in total. The van der Waals surface area contributed by atoms with Gasteiger partial charge in [0.15, 0.2) is 0 Å². The number of amidine groups is 1. The van der Waals surface area contributed by atoms with Crippen molar-refractivity contribution in [3.8, 4) is 0 Å². The number of hydrogen-bond donors (Lipinski definition) is 2. The summed E-state index contributed by atoms with van der Waals surface area (Å²) in [5.41, 5.74) is 5.37. The van der Waals surface area contributed by atoms with Gasteiger partial charge < -0.3 is 10.9 Å². The Bertz CT molecular complexity index is 605. The Balaban J connectivity index is 3.09. The van der Waals surface area contributed by atoms with Gasteiger partial charge in [-0.15, -0.1) is 0 Å². The van der Waals surface area contributed by atoms with Gasteiger partial charge in [0.2, 0.25) is 10.0 Å². The second-order valence-corrected chi connectivity index (χ2v) is 7.59. The van der Waals surface area contributed by atoms with Crippen LogP contribution in [-0.2, 0) is 10.0 Å². The van der Waals surface area contributed by atoms with E-state index in [0.29, 0.717) is 15.5 Å². The summed E-state index contributed by atoms with van der Waals surface area (Å²) in [5, 5.41) is 11.3. The first-order valence-corrected chi connectivity index (χ1v) is 8.77. The third-order valence-electron chi connectivity index (χ3n) is 2.61. The fourth-order valence-corrected chi connectivity index (χ4v) is 4.46. The average molecular weight is 429 g/mol. The van der Waals surface area contributed by atoms with E-state index >= 15 is 0 Å². The zero-order chi connectivity index (χ0) is 15.3. The Labute approximate surface area is 134 Å². The van der Waals surface area contributed by atoms with E-state index in [-0.39, 0.29) is 23.7 Å². The number of hydrogen-bond acceptors (Lipinski definition) is 4. The highest BCUT2D eigenvalue weighted by Gasteiger charge is 2.25. The number of rotatable bonds is 6. The molecule has 0 spiro atoms. The summed E-state index contributed by atoms with van der Waals surface area (Å²) in [5.74, 6) is -0.00745. The molecule has 0 aliphatic rings. The molecule has 0 saturated carbocycles. The number of benzene rings is 1. The van der Waals surface area contributed by atoms with E-state index in [2.05, 4.69) is 37.0 Å². The molecule has 0 unspecified atom stereocenters. The topological polar surface area (TPSA) is 96.0 Å². The predicted octanol–water partition coefficient (Wildman–Crippen LogP) is 2.36. The molecule has 20 heavy (non-hydrogen) atoms. The number of nitrogens with zero attached hydrogens (tertiary/aromatic N) is 2. The molecule has 0 aliphatic heterocycles. The zero-order valence-corrected chi connectivity index (χ0v) is 14.7. The van der Waals surface area contributed by atoms with Gasteiger partial charge in [0.1, 0.15) is 5.84 Å². The van der Waals surface area contributed by atoms with Crippen LogP contribution < -0.4 is 5.73 Å². The maximum Gasteiger partial charge on any atom is 0.244 e. The monoisotopic (exact) mass is 427 g/mol. The van der Waals surface area contributed by atoms with Crippen molar-refractivity contribution in [1.82, 2.24) is 4.31 Å². The third-order valence-corrected chi connectivity index (χ3v) is 6.07. The van der Waals surface area contributed by atoms with E-state index in [1.165, 1.54) is 10.4 Å². The highest BCUT2D eigenvalue weighted by molar-refractivity contribution is 9.11. The van der Waals surface area contributed by atoms with E-state index < -0.39 is 10.0 Å². The Morgan fingerprint density at radius 2 is 2.10 bits per heavy atom. The van der Waals surface area contributed by atoms with Crippen LogP contribution in [0.25, 0.3) is 0 Å². The van der Waals surface area contributed by atoms with Crippen LogP contribution in [-0.4, -0.2) is 36.9 Å². The van der Waals surface area contributed by atoms with Crippen LogP contribution in [0.5, 0.6) is 0 Å². The summed E-state index contributed by atoms with van der Waals surface area (Å²) in [6, 6.07) is 4.94. The first kappa shape index (κ1) is 17.4. The Morgan fingerprint density at radius 3 is 2.65 bits per heavy atom. The van der Waals surface area contributed by atoms with Crippen molar-refractivity contribution in [2.24, 2.45) is 10.9 Å². The SMILES string of the molecule is CCN(CCC(N)=NO)S(=O)(=O)c1cc(Br)ccc1Br. The number of oxime groups is 1. The van der Waals surface area contributed by atoms with Crippen molar-refractivity contribution < 1.29 is 13.6 Å². The lowest BCUT2D eigenvalue weighted by molar-refractivity contribution is 0.315. The van der Waals surface area contributed by atoms with E-state index in [1.807, 2.05) is 0 Å². The average Bonchev–Trinajstić information content (AvgIpc) is 2.41. The largest absolute Gasteiger partial charge is 0.409 e. The van der Waals surface area contributed by atoms with Crippen LogP contribution in [0.4, 0.5) is 0 Å². The third kappa shape index (κ3) is 4.18. The maximum atomic E-state index is 12.6. The minimum Gasteiger partial charge on any atom is -0.409 e. The summed E-state index contributed by atoms with van der Waals surface area (Å²) in [7, 11) is -3.64. The maximum absolute atomic E-state index is 12.6. The van der Waals surface area contributed by atoms with Crippen LogP contribution in [0.3, 0.4) is 0 Å². The fourth-order valence-electron chi connectivity index (χ4n) is 1.55. The molecular formula is C11H15Br2N3O3S. The van der Waals surface area contributed by atoms with Gasteiger partial charge in [-0.2, -0.15) is 4.31 Å². The van der Waals surface area contributed by atoms with Gasteiger partial charge >= 0.3 is 0 Å². The molecule has 1 aromatic carbocycles. The lowest BCUT2D eigenvalue weighted by Crippen LogP contribution is -2.34. The number of halogens is 2. The standard InChI is InChI=1S/C11H15Br2N3O3S/c1-2-16(6-5-11(14)15-17)20(18,19)10-7-8(12)3-4-9(10)13/h3-4,7,17H,2,5-6H2,1H3,(H2,14,15). The van der Waals surface area contributed by atoms with Gasteiger partial charge in [-0.25, -0.2) is 8.42 Å². The normalized spacial score (nSPS) is 12.9. The first-order chi connectivity index (χ1) is 9.32. The molecule has 0 aromatic heterocycles. The molecule has 1 rings (SSSR count). The van der Waals surface area contributed by atoms with Crippen molar-refractivity contribution in [3.05, 3.63) is 27.1 Å². The van der Waals surface area contributed by atoms with Crippen molar-refractivity contribution in [1.29, 1.82) is 0 Å². The molecule has 112 valence electrons. The van der Waals surface area contributed by atoms with Crippen LogP contribution in [0.2, 0.25) is 0 Å². The Morgan fingerprint density at radius 1 is 1.45 bits per heavy atom. The van der Waals surface area contributed by atoms with Gasteiger partial charge in [-0.05, 0) is 34.1 Å². The van der Waals surface area contributed by atoms with E-state index in [9.17, 15) is 8.42 Å². The number of nitrogens with two attached hydrogens (primary N) is 1. The van der Waals surface area contributed by atoms with Crippen molar-refractivity contribution in [3.63, 3.8) is 0 Å². The van der Waals surface area contributed by atoms with Crippen molar-refractivity contribution in [2.75, 3.05) is 13.1 Å². The molecule has 0 aliphatic carbocycles. The number of sulfonamides is 1. The summed E-state index contributed by atoms with van der Waals surface area (Å²) >= 11 is 6.50. The molecule has 0 fully saturated rings. The minimum absolute atomic E-state index is 0.00745. The molecule has 6 nitrogen and oxygen atoms in total. The van der Waals surface area contributed by atoms with Crippen LogP contribution in [0.15, 0.2) is 37.2 Å². The molecular weight excluding hydrogens is 414 g/mol. The minimum atomic E-state index is -3.64. The highest BCUT2D eigenvalue weighted by Crippen LogP contribution is 2.28. The van der Waals surface area contributed by atoms with Gasteiger partial charge in [0.05, 0.1) is 4.90 Å². The lowest BCUT2D eigenvalue weighted by Gasteiger charge is -2.21. The van der Waals surface area contributed by atoms with Gasteiger partial charge in [0, 0.05) is 28.5 Å². The molecule has 9 heteroatoms. The highest BCUT2D eigenvalue weighted by atomic mass is 79.9. The Hall–Kier alpha value is -0.640. The van der Waals surface area contributed by atoms with Crippen LogP contribution in [0, 0.1) is 0 Å². The Kier molecular flexibility index (Phi) is 6.44. The lowest BCUT2D eigenvalue weighted by atomic mass is 10.4. The van der Waals surface area contributed by atoms with Gasteiger partial charge in [-0.1, -0.05) is 28.0 Å². The molecule has 0 radical (unpaired) electrons. The molecule has 0 saturated heterocycles. The van der Waals surface area contributed by atoms with Gasteiger partial charge in [-0.3, -0.25) is 0 Å². The van der Waals surface area contributed by atoms with Crippen molar-refractivity contribution >= 4 is 47.7 Å². The van der Waals surface area contributed by atoms with E-state index in [0.717, 1.165) is 0 Å². The summed E-state index contributed by atoms with van der Waals surface area (Å²) in [6.45, 7) is 2.17. The summed E-state index contributed by atoms with van der Waals surface area (Å²) < 4.78 is 27.6. The quantitative estimate of drug-likeness (QED) is 0.314. The zero-order valence-electron chi connectivity index (χ0n) is 10.8. The molecule has 1 aromatic rings. The smallest absolute Gasteiger partial charge is 0.244 e.